The van der Waals surface area contributed by atoms with E-state index in [1.54, 1.807) is 13.0 Å². The van der Waals surface area contributed by atoms with E-state index in [4.69, 9.17) is 33.7 Å². The van der Waals surface area contributed by atoms with E-state index in [1.807, 2.05) is 6.07 Å². The Kier molecular flexibility index (Phi) is 5.93. The summed E-state index contributed by atoms with van der Waals surface area (Å²) in [6, 6.07) is 3.43. The molecule has 2 N–H and O–H groups in total. The Morgan fingerprint density at radius 2 is 2.16 bits per heavy atom. The summed E-state index contributed by atoms with van der Waals surface area (Å²) < 4.78 is 5.04. The monoisotopic (exact) mass is 323 g/mol. The van der Waals surface area contributed by atoms with Crippen molar-refractivity contribution in [2.24, 2.45) is 11.7 Å². The van der Waals surface area contributed by atoms with Crippen LogP contribution >= 0.6 is 35.6 Å². The number of fused-ring (bicyclic) bond motifs is 1. The molecule has 0 bridgehead atoms. The zero-order valence-corrected chi connectivity index (χ0v) is 12.8. The molecule has 1 aromatic carbocycles. The maximum Gasteiger partial charge on any atom is 0.309 e. The van der Waals surface area contributed by atoms with Crippen molar-refractivity contribution in [1.82, 2.24) is 0 Å². The van der Waals surface area contributed by atoms with Gasteiger partial charge in [-0.05, 0) is 37.0 Å². The SMILES string of the molecule is CCOC(=O)[C@H]1Cc2c(ccc(Cl)c2Cl)[C@@H](N)C1.Cl. The normalized spacial score (nSPS) is 21.3. The van der Waals surface area contributed by atoms with Crippen molar-refractivity contribution in [2.45, 2.75) is 25.8 Å². The van der Waals surface area contributed by atoms with Crippen LogP contribution in [0.3, 0.4) is 0 Å². The Hall–Kier alpha value is -0.480. The zero-order valence-electron chi connectivity index (χ0n) is 10.5. The van der Waals surface area contributed by atoms with Gasteiger partial charge in [0.05, 0.1) is 22.6 Å². The predicted octanol–water partition coefficient (Wildman–Crippen LogP) is 3.54. The number of benzene rings is 1. The van der Waals surface area contributed by atoms with E-state index < -0.39 is 0 Å². The van der Waals surface area contributed by atoms with Gasteiger partial charge in [-0.2, -0.15) is 0 Å². The Balaban J connectivity index is 0.00000180. The summed E-state index contributed by atoms with van der Waals surface area (Å²) in [5, 5.41) is 0.991. The van der Waals surface area contributed by atoms with Gasteiger partial charge in [-0.1, -0.05) is 29.3 Å². The highest BCUT2D eigenvalue weighted by molar-refractivity contribution is 6.42. The minimum Gasteiger partial charge on any atom is -0.466 e. The molecule has 2 rings (SSSR count). The molecular formula is C13H16Cl3NO2. The first kappa shape index (κ1) is 16.6. The van der Waals surface area contributed by atoms with Gasteiger partial charge in [-0.15, -0.1) is 12.4 Å². The molecule has 0 saturated carbocycles. The number of carbonyl (C=O) groups is 1. The Bertz CT molecular complexity index is 479. The minimum atomic E-state index is -0.233. The minimum absolute atomic E-state index is 0. The molecule has 0 aromatic heterocycles. The van der Waals surface area contributed by atoms with Crippen LogP contribution in [-0.2, 0) is 16.0 Å². The maximum atomic E-state index is 11.8. The van der Waals surface area contributed by atoms with Gasteiger partial charge in [0.15, 0.2) is 0 Å². The summed E-state index contributed by atoms with van der Waals surface area (Å²) in [6.07, 6.45) is 1.13. The van der Waals surface area contributed by atoms with Gasteiger partial charge in [0.1, 0.15) is 0 Å². The molecule has 3 nitrogen and oxygen atoms in total. The summed E-state index contributed by atoms with van der Waals surface area (Å²) in [7, 11) is 0. The van der Waals surface area contributed by atoms with Crippen molar-refractivity contribution < 1.29 is 9.53 Å². The summed E-state index contributed by atoms with van der Waals surface area (Å²) in [4.78, 5) is 11.8. The average Bonchev–Trinajstić information content (AvgIpc) is 2.34. The second kappa shape index (κ2) is 6.80. The smallest absolute Gasteiger partial charge is 0.309 e. The molecule has 0 fully saturated rings. The predicted molar refractivity (Wildman–Crippen MR) is 79.1 cm³/mol. The van der Waals surface area contributed by atoms with Gasteiger partial charge in [0.2, 0.25) is 0 Å². The highest BCUT2D eigenvalue weighted by Crippen LogP contribution is 2.39. The molecule has 1 aromatic rings. The number of rotatable bonds is 2. The number of nitrogens with two attached hydrogens (primary N) is 1. The van der Waals surface area contributed by atoms with Crippen LogP contribution in [0.4, 0.5) is 0 Å². The van der Waals surface area contributed by atoms with Crippen molar-refractivity contribution in [1.29, 1.82) is 0 Å². The summed E-state index contributed by atoms with van der Waals surface area (Å²) in [6.45, 7) is 2.17. The van der Waals surface area contributed by atoms with E-state index in [9.17, 15) is 4.79 Å². The third-order valence-electron chi connectivity index (χ3n) is 3.24. The first-order valence-electron chi connectivity index (χ1n) is 5.93. The molecule has 6 heteroatoms. The Morgan fingerprint density at radius 3 is 2.79 bits per heavy atom. The van der Waals surface area contributed by atoms with Crippen LogP contribution in [0.25, 0.3) is 0 Å². The molecule has 0 saturated heterocycles. The van der Waals surface area contributed by atoms with Gasteiger partial charge < -0.3 is 10.5 Å². The molecule has 0 heterocycles. The second-order valence-electron chi connectivity index (χ2n) is 4.42. The fourth-order valence-electron chi connectivity index (χ4n) is 2.37. The zero-order chi connectivity index (χ0) is 13.3. The molecule has 19 heavy (non-hydrogen) atoms. The summed E-state index contributed by atoms with van der Waals surface area (Å²) >= 11 is 12.2. The number of halogens is 3. The molecule has 0 unspecified atom stereocenters. The highest BCUT2D eigenvalue weighted by atomic mass is 35.5. The lowest BCUT2D eigenvalue weighted by molar-refractivity contribution is -0.148. The third-order valence-corrected chi connectivity index (χ3v) is 4.08. The van der Waals surface area contributed by atoms with Crippen LogP contribution in [0.15, 0.2) is 12.1 Å². The standard InChI is InChI=1S/C13H15Cl2NO2.ClH/c1-2-18-13(17)7-5-9-8(11(16)6-7)3-4-10(14)12(9)15;/h3-4,7,11H,2,5-6,16H2,1H3;1H/t7-,11-;/m0./s1. The van der Waals surface area contributed by atoms with Gasteiger partial charge in [0, 0.05) is 6.04 Å². The molecular weight excluding hydrogens is 309 g/mol. The molecule has 0 amide bonds. The quantitative estimate of drug-likeness (QED) is 0.847. The van der Waals surface area contributed by atoms with Gasteiger partial charge in [-0.25, -0.2) is 0 Å². The number of hydrogen-bond acceptors (Lipinski definition) is 3. The fourth-order valence-corrected chi connectivity index (χ4v) is 2.79. The largest absolute Gasteiger partial charge is 0.466 e. The van der Waals surface area contributed by atoms with Crippen molar-refractivity contribution in [3.8, 4) is 0 Å². The van der Waals surface area contributed by atoms with Crippen molar-refractivity contribution >= 4 is 41.6 Å². The van der Waals surface area contributed by atoms with Crippen LogP contribution in [-0.4, -0.2) is 12.6 Å². The number of ether oxygens (including phenoxy) is 1. The first-order chi connectivity index (χ1) is 8.54. The van der Waals surface area contributed by atoms with E-state index >= 15 is 0 Å². The van der Waals surface area contributed by atoms with Crippen molar-refractivity contribution in [2.75, 3.05) is 6.61 Å². The molecule has 106 valence electrons. The summed E-state index contributed by atoms with van der Waals surface area (Å²) in [5.41, 5.74) is 7.93. The third kappa shape index (κ3) is 3.34. The van der Waals surface area contributed by atoms with E-state index in [2.05, 4.69) is 0 Å². The molecule has 1 aliphatic carbocycles. The number of hydrogen-bond donors (Lipinski definition) is 1. The lowest BCUT2D eigenvalue weighted by Gasteiger charge is -2.29. The Morgan fingerprint density at radius 1 is 1.47 bits per heavy atom. The Labute approximate surface area is 128 Å². The fraction of sp³-hybridized carbons (Fsp3) is 0.462. The van der Waals surface area contributed by atoms with E-state index in [-0.39, 0.29) is 30.3 Å². The maximum absolute atomic E-state index is 11.8. The van der Waals surface area contributed by atoms with Crippen LogP contribution in [0, 0.1) is 5.92 Å². The molecule has 0 aliphatic heterocycles. The van der Waals surface area contributed by atoms with Crippen LogP contribution in [0.5, 0.6) is 0 Å². The molecule has 0 spiro atoms. The lowest BCUT2D eigenvalue weighted by atomic mass is 9.81. The van der Waals surface area contributed by atoms with Crippen molar-refractivity contribution in [3.05, 3.63) is 33.3 Å². The highest BCUT2D eigenvalue weighted by Gasteiger charge is 2.32. The number of carbonyl (C=O) groups excluding carboxylic acids is 1. The molecule has 1 aliphatic rings. The topological polar surface area (TPSA) is 52.3 Å². The van der Waals surface area contributed by atoms with E-state index in [0.717, 1.165) is 11.1 Å². The second-order valence-corrected chi connectivity index (χ2v) is 5.21. The number of esters is 1. The lowest BCUT2D eigenvalue weighted by Crippen LogP contribution is -2.30. The molecule has 0 radical (unpaired) electrons. The van der Waals surface area contributed by atoms with Gasteiger partial charge in [-0.3, -0.25) is 4.79 Å². The van der Waals surface area contributed by atoms with Crippen LogP contribution in [0.2, 0.25) is 10.0 Å². The summed E-state index contributed by atoms with van der Waals surface area (Å²) in [5.74, 6) is -0.446. The van der Waals surface area contributed by atoms with Crippen LogP contribution in [0.1, 0.15) is 30.5 Å². The first-order valence-corrected chi connectivity index (χ1v) is 6.69. The molecule has 2 atom stereocenters. The van der Waals surface area contributed by atoms with Crippen LogP contribution < -0.4 is 5.73 Å². The van der Waals surface area contributed by atoms with E-state index in [1.165, 1.54) is 0 Å². The average molecular weight is 325 g/mol. The van der Waals surface area contributed by atoms with Gasteiger partial charge in [0.25, 0.3) is 0 Å². The van der Waals surface area contributed by atoms with E-state index in [0.29, 0.717) is 29.5 Å². The van der Waals surface area contributed by atoms with Crippen molar-refractivity contribution in [3.63, 3.8) is 0 Å². The van der Waals surface area contributed by atoms with Gasteiger partial charge >= 0.3 is 5.97 Å².